The molecule has 0 bridgehead atoms. The molecule has 0 saturated heterocycles. The predicted molar refractivity (Wildman–Crippen MR) is 198 cm³/mol. The standard InChI is InChI=1S/C46H34/c1-29-21-23-37-40(25-29)44(33-22-24-43-39(28-33)34-17-11-12-20-42(34)46(43,2)3)35-18-9-10-19-36(35)45(37)41-27-32-16-8-7-15-31(32)26-38(41)30-13-5-4-6-14-30/h4-28H,1-3H3. The van der Waals surface area contributed by atoms with Gasteiger partial charge in [-0.3, -0.25) is 0 Å². The molecular weight excluding hydrogens is 553 g/mol. The fourth-order valence-electron chi connectivity index (χ4n) is 8.07. The molecule has 0 aliphatic heterocycles. The first-order valence-corrected chi connectivity index (χ1v) is 16.3. The summed E-state index contributed by atoms with van der Waals surface area (Å²) in [7, 11) is 0. The molecule has 9 rings (SSSR count). The van der Waals surface area contributed by atoms with Gasteiger partial charge in [-0.15, -0.1) is 0 Å². The van der Waals surface area contributed by atoms with E-state index in [0.717, 1.165) is 0 Å². The zero-order valence-electron chi connectivity index (χ0n) is 26.4. The fourth-order valence-corrected chi connectivity index (χ4v) is 8.07. The number of aryl methyl sites for hydroxylation is 1. The van der Waals surface area contributed by atoms with E-state index in [9.17, 15) is 0 Å². The van der Waals surface area contributed by atoms with E-state index in [0.29, 0.717) is 0 Å². The lowest BCUT2D eigenvalue weighted by atomic mass is 9.81. The van der Waals surface area contributed by atoms with Gasteiger partial charge < -0.3 is 0 Å². The van der Waals surface area contributed by atoms with Gasteiger partial charge in [-0.25, -0.2) is 0 Å². The van der Waals surface area contributed by atoms with Gasteiger partial charge in [0.25, 0.3) is 0 Å². The highest BCUT2D eigenvalue weighted by molar-refractivity contribution is 6.23. The summed E-state index contributed by atoms with van der Waals surface area (Å²) >= 11 is 0. The molecular formula is C46H34. The molecule has 218 valence electrons. The van der Waals surface area contributed by atoms with Crippen LogP contribution >= 0.6 is 0 Å². The molecule has 46 heavy (non-hydrogen) atoms. The van der Waals surface area contributed by atoms with Crippen LogP contribution in [0.15, 0.2) is 152 Å². The van der Waals surface area contributed by atoms with Crippen LogP contribution in [0.2, 0.25) is 0 Å². The largest absolute Gasteiger partial charge is 0.0622 e. The van der Waals surface area contributed by atoms with Crippen molar-refractivity contribution in [1.29, 1.82) is 0 Å². The maximum absolute atomic E-state index is 2.46. The summed E-state index contributed by atoms with van der Waals surface area (Å²) in [5.74, 6) is 0. The van der Waals surface area contributed by atoms with Crippen molar-refractivity contribution in [3.05, 3.63) is 168 Å². The second-order valence-corrected chi connectivity index (χ2v) is 13.4. The molecule has 8 aromatic rings. The Balaban J connectivity index is 1.40. The third-order valence-corrected chi connectivity index (χ3v) is 10.3. The fraction of sp³-hybridized carbons (Fsp3) is 0.0870. The van der Waals surface area contributed by atoms with Crippen molar-refractivity contribution in [3.63, 3.8) is 0 Å². The average molecular weight is 587 g/mol. The van der Waals surface area contributed by atoms with E-state index in [4.69, 9.17) is 0 Å². The van der Waals surface area contributed by atoms with Crippen LogP contribution < -0.4 is 0 Å². The molecule has 0 unspecified atom stereocenters. The van der Waals surface area contributed by atoms with E-state index < -0.39 is 0 Å². The van der Waals surface area contributed by atoms with Crippen LogP contribution in [-0.4, -0.2) is 0 Å². The third-order valence-electron chi connectivity index (χ3n) is 10.3. The van der Waals surface area contributed by atoms with Gasteiger partial charge in [0.05, 0.1) is 0 Å². The first kappa shape index (κ1) is 26.9. The Labute approximate surface area is 270 Å². The molecule has 0 atom stereocenters. The molecule has 0 nitrogen and oxygen atoms in total. The van der Waals surface area contributed by atoms with Crippen molar-refractivity contribution in [3.8, 4) is 44.5 Å². The molecule has 0 radical (unpaired) electrons. The summed E-state index contributed by atoms with van der Waals surface area (Å²) in [5.41, 5.74) is 14.4. The van der Waals surface area contributed by atoms with Crippen molar-refractivity contribution in [1.82, 2.24) is 0 Å². The highest BCUT2D eigenvalue weighted by Gasteiger charge is 2.35. The maximum Gasteiger partial charge on any atom is 0.0158 e. The SMILES string of the molecule is Cc1ccc2c(-c3cc4ccccc4cc3-c3ccccc3)c3ccccc3c(-c3ccc4c(c3)-c3ccccc3C4(C)C)c2c1. The summed E-state index contributed by atoms with van der Waals surface area (Å²) < 4.78 is 0. The summed E-state index contributed by atoms with van der Waals surface area (Å²) in [5, 5.41) is 7.66. The van der Waals surface area contributed by atoms with Crippen LogP contribution in [-0.2, 0) is 5.41 Å². The van der Waals surface area contributed by atoms with Crippen molar-refractivity contribution < 1.29 is 0 Å². The minimum absolute atomic E-state index is 0.0149. The molecule has 0 heteroatoms. The Bertz CT molecular complexity index is 2490. The number of hydrogen-bond acceptors (Lipinski definition) is 0. The number of benzene rings is 8. The second-order valence-electron chi connectivity index (χ2n) is 13.4. The topological polar surface area (TPSA) is 0 Å². The second kappa shape index (κ2) is 10.0. The van der Waals surface area contributed by atoms with Crippen LogP contribution in [0.1, 0.15) is 30.5 Å². The first-order chi connectivity index (χ1) is 22.5. The molecule has 8 aromatic carbocycles. The van der Waals surface area contributed by atoms with Gasteiger partial charge in [0.2, 0.25) is 0 Å². The molecule has 1 aliphatic carbocycles. The molecule has 1 aliphatic rings. The Morgan fingerprint density at radius 3 is 1.76 bits per heavy atom. The summed E-state index contributed by atoms with van der Waals surface area (Å²) in [6.07, 6.45) is 0. The highest BCUT2D eigenvalue weighted by Crippen LogP contribution is 2.52. The molecule has 0 amide bonds. The van der Waals surface area contributed by atoms with Crippen molar-refractivity contribution in [2.75, 3.05) is 0 Å². The number of rotatable bonds is 3. The summed E-state index contributed by atoms with van der Waals surface area (Å²) in [6.45, 7) is 6.92. The minimum Gasteiger partial charge on any atom is -0.0622 e. The predicted octanol–water partition coefficient (Wildman–Crippen LogP) is 12.8. The zero-order chi connectivity index (χ0) is 31.0. The zero-order valence-corrected chi connectivity index (χ0v) is 26.4. The van der Waals surface area contributed by atoms with Gasteiger partial charge in [0.15, 0.2) is 0 Å². The highest BCUT2D eigenvalue weighted by atomic mass is 14.4. The Kier molecular flexibility index (Phi) is 5.86. The van der Waals surface area contributed by atoms with Crippen LogP contribution in [0, 0.1) is 6.92 Å². The van der Waals surface area contributed by atoms with Crippen LogP contribution in [0.5, 0.6) is 0 Å². The molecule has 0 saturated carbocycles. The monoisotopic (exact) mass is 586 g/mol. The van der Waals surface area contributed by atoms with E-state index in [1.54, 1.807) is 0 Å². The lowest BCUT2D eigenvalue weighted by molar-refractivity contribution is 0.660. The van der Waals surface area contributed by atoms with Crippen molar-refractivity contribution in [2.24, 2.45) is 0 Å². The molecule has 0 spiro atoms. The summed E-state index contributed by atoms with van der Waals surface area (Å²) in [6, 6.07) is 56.6. The van der Waals surface area contributed by atoms with E-state index in [-0.39, 0.29) is 5.41 Å². The lowest BCUT2D eigenvalue weighted by Crippen LogP contribution is -2.14. The number of hydrogen-bond donors (Lipinski definition) is 0. The molecule has 0 aromatic heterocycles. The van der Waals surface area contributed by atoms with Gasteiger partial charge in [-0.2, -0.15) is 0 Å². The average Bonchev–Trinajstić information content (AvgIpc) is 3.32. The van der Waals surface area contributed by atoms with Gasteiger partial charge in [-0.05, 0) is 113 Å². The normalized spacial score (nSPS) is 13.3. The quantitative estimate of drug-likeness (QED) is 0.181. The summed E-state index contributed by atoms with van der Waals surface area (Å²) in [4.78, 5) is 0. The van der Waals surface area contributed by atoms with Gasteiger partial charge in [0, 0.05) is 5.41 Å². The molecule has 0 fully saturated rings. The lowest BCUT2D eigenvalue weighted by Gasteiger charge is -2.22. The van der Waals surface area contributed by atoms with Crippen molar-refractivity contribution >= 4 is 32.3 Å². The molecule has 0 N–H and O–H groups in total. The third kappa shape index (κ3) is 3.93. The van der Waals surface area contributed by atoms with Crippen LogP contribution in [0.4, 0.5) is 0 Å². The first-order valence-electron chi connectivity index (χ1n) is 16.3. The Morgan fingerprint density at radius 1 is 0.370 bits per heavy atom. The van der Waals surface area contributed by atoms with E-state index in [1.165, 1.54) is 93.5 Å². The van der Waals surface area contributed by atoms with Gasteiger partial charge in [0.1, 0.15) is 0 Å². The molecule has 0 heterocycles. The van der Waals surface area contributed by atoms with Crippen LogP contribution in [0.25, 0.3) is 76.8 Å². The van der Waals surface area contributed by atoms with E-state index in [1.807, 2.05) is 0 Å². The Morgan fingerprint density at radius 2 is 0.978 bits per heavy atom. The van der Waals surface area contributed by atoms with Crippen LogP contribution in [0.3, 0.4) is 0 Å². The van der Waals surface area contributed by atoms with Crippen molar-refractivity contribution in [2.45, 2.75) is 26.2 Å². The van der Waals surface area contributed by atoms with E-state index >= 15 is 0 Å². The smallest absolute Gasteiger partial charge is 0.0158 e. The number of fused-ring (bicyclic) bond motifs is 6. The Hall–Kier alpha value is -5.46. The van der Waals surface area contributed by atoms with Gasteiger partial charge in [-0.1, -0.05) is 153 Å². The maximum atomic E-state index is 2.46. The van der Waals surface area contributed by atoms with E-state index in [2.05, 4.69) is 172 Å². The minimum atomic E-state index is -0.0149. The van der Waals surface area contributed by atoms with Gasteiger partial charge >= 0.3 is 0 Å².